The minimum Gasteiger partial charge on any atom is -0.308 e. The van der Waals surface area contributed by atoms with Crippen molar-refractivity contribution >= 4 is 39.9 Å². The highest BCUT2D eigenvalue weighted by Crippen LogP contribution is 2.25. The molecule has 0 saturated carbocycles. The Morgan fingerprint density at radius 2 is 1.92 bits per heavy atom. The van der Waals surface area contributed by atoms with Gasteiger partial charge < -0.3 is 10.2 Å². The lowest BCUT2D eigenvalue weighted by atomic mass is 10.1. The van der Waals surface area contributed by atoms with Crippen LogP contribution in [0.2, 0.25) is 0 Å². The molecule has 0 spiro atoms. The molecule has 3 rings (SSSR count). The van der Waals surface area contributed by atoms with E-state index in [1.54, 1.807) is 11.8 Å². The first kappa shape index (κ1) is 18.1. The normalized spacial score (nSPS) is 15.1. The van der Waals surface area contributed by atoms with Crippen molar-refractivity contribution in [3.63, 3.8) is 0 Å². The van der Waals surface area contributed by atoms with Crippen molar-refractivity contribution in [2.24, 2.45) is 0 Å². The summed E-state index contributed by atoms with van der Waals surface area (Å²) in [5.74, 6) is 0.623. The monoisotopic (exact) mass is 381 g/mol. The summed E-state index contributed by atoms with van der Waals surface area (Å²) in [6, 6.07) is 5.15. The van der Waals surface area contributed by atoms with Crippen LogP contribution in [0, 0.1) is 5.82 Å². The van der Waals surface area contributed by atoms with Gasteiger partial charge in [0, 0.05) is 18.0 Å². The number of benzene rings is 1. The number of likely N-dealkylation sites (tertiary alicyclic amines) is 1. The second-order valence-corrected chi connectivity index (χ2v) is 8.03. The van der Waals surface area contributed by atoms with Gasteiger partial charge in [0.2, 0.25) is 5.13 Å². The molecule has 25 heavy (non-hydrogen) atoms. The lowest BCUT2D eigenvalue weighted by Crippen LogP contribution is -2.31. The fraction of sp³-hybridized carbons (Fsp3) is 0.438. The van der Waals surface area contributed by atoms with Gasteiger partial charge in [-0.3, -0.25) is 5.32 Å². The van der Waals surface area contributed by atoms with Crippen LogP contribution in [-0.4, -0.2) is 46.5 Å². The van der Waals surface area contributed by atoms with Gasteiger partial charge in [-0.25, -0.2) is 9.18 Å². The molecule has 0 radical (unpaired) electrons. The van der Waals surface area contributed by atoms with Crippen LogP contribution in [0.15, 0.2) is 28.6 Å². The first-order valence-corrected chi connectivity index (χ1v) is 10.0. The molecule has 2 heterocycles. The number of nitrogens with one attached hydrogen (secondary N) is 2. The van der Waals surface area contributed by atoms with Crippen LogP contribution >= 0.6 is 23.1 Å². The van der Waals surface area contributed by atoms with Gasteiger partial charge in [-0.15, -0.1) is 10.2 Å². The summed E-state index contributed by atoms with van der Waals surface area (Å²) in [6.07, 6.45) is 3.93. The molecule has 0 unspecified atom stereocenters. The summed E-state index contributed by atoms with van der Waals surface area (Å²) in [5, 5.41) is 13.8. The van der Waals surface area contributed by atoms with Gasteiger partial charge in [-0.05, 0) is 50.2 Å². The molecule has 6 nitrogen and oxygen atoms in total. The number of thioether (sulfide) groups is 1. The fourth-order valence-electron chi connectivity index (χ4n) is 2.56. The lowest BCUT2D eigenvalue weighted by molar-refractivity contribution is 0.242. The number of amides is 2. The van der Waals surface area contributed by atoms with Crippen LogP contribution in [0.5, 0.6) is 0 Å². The van der Waals surface area contributed by atoms with Gasteiger partial charge in [-0.2, -0.15) is 0 Å². The molecule has 0 atom stereocenters. The van der Waals surface area contributed by atoms with Crippen LogP contribution in [0.4, 0.5) is 20.0 Å². The molecule has 2 amide bonds. The van der Waals surface area contributed by atoms with Crippen molar-refractivity contribution in [2.75, 3.05) is 36.0 Å². The Balaban J connectivity index is 1.41. The van der Waals surface area contributed by atoms with Crippen LogP contribution in [0.25, 0.3) is 0 Å². The second kappa shape index (κ2) is 9.12. The number of halogens is 1. The van der Waals surface area contributed by atoms with Gasteiger partial charge in [0.15, 0.2) is 4.34 Å². The number of piperidine rings is 1. The van der Waals surface area contributed by atoms with E-state index in [1.165, 1.54) is 68.0 Å². The Morgan fingerprint density at radius 1 is 1.16 bits per heavy atom. The van der Waals surface area contributed by atoms with Crippen molar-refractivity contribution < 1.29 is 9.18 Å². The number of carbonyl (C=O) groups is 1. The fourth-order valence-corrected chi connectivity index (χ4v) is 4.37. The molecule has 134 valence electrons. The second-order valence-electron chi connectivity index (χ2n) is 5.71. The molecule has 1 saturated heterocycles. The summed E-state index contributed by atoms with van der Waals surface area (Å²) in [6.45, 7) is 3.43. The van der Waals surface area contributed by atoms with Gasteiger partial charge in [0.05, 0.1) is 0 Å². The summed E-state index contributed by atoms with van der Waals surface area (Å²) in [5.41, 5.74) is 0.513. The molecule has 9 heteroatoms. The van der Waals surface area contributed by atoms with Gasteiger partial charge in [0.25, 0.3) is 0 Å². The van der Waals surface area contributed by atoms with Gasteiger partial charge >= 0.3 is 6.03 Å². The zero-order valence-corrected chi connectivity index (χ0v) is 15.3. The number of rotatable bonds is 6. The Bertz CT molecular complexity index is 688. The highest BCUT2D eigenvalue weighted by molar-refractivity contribution is 8.01. The maximum absolute atomic E-state index is 12.8. The van der Waals surface area contributed by atoms with Crippen LogP contribution in [0.1, 0.15) is 19.3 Å². The minimum absolute atomic E-state index is 0.346. The number of urea groups is 1. The number of hydrogen-bond donors (Lipinski definition) is 2. The van der Waals surface area contributed by atoms with Crippen molar-refractivity contribution in [3.05, 3.63) is 30.1 Å². The molecular formula is C16H20FN5OS2. The van der Waals surface area contributed by atoms with E-state index in [1.807, 2.05) is 0 Å². The SMILES string of the molecule is O=C(Nc1ccc(F)cc1)Nc1nnc(SCCN2CCCCC2)s1. The summed E-state index contributed by atoms with van der Waals surface area (Å²) in [7, 11) is 0. The summed E-state index contributed by atoms with van der Waals surface area (Å²) < 4.78 is 13.7. The smallest absolute Gasteiger partial charge is 0.308 e. The maximum atomic E-state index is 12.8. The van der Waals surface area contributed by atoms with Crippen molar-refractivity contribution in [3.8, 4) is 0 Å². The van der Waals surface area contributed by atoms with E-state index in [0.29, 0.717) is 10.8 Å². The predicted octanol–water partition coefficient (Wildman–Crippen LogP) is 3.90. The first-order chi connectivity index (χ1) is 12.2. The van der Waals surface area contributed by atoms with E-state index in [4.69, 9.17) is 0 Å². The van der Waals surface area contributed by atoms with E-state index in [2.05, 4.69) is 25.7 Å². The molecule has 1 aromatic heterocycles. The maximum Gasteiger partial charge on any atom is 0.325 e. The number of anilines is 2. The largest absolute Gasteiger partial charge is 0.325 e. The van der Waals surface area contributed by atoms with Gasteiger partial charge in [-0.1, -0.05) is 29.5 Å². The van der Waals surface area contributed by atoms with Crippen molar-refractivity contribution in [1.29, 1.82) is 0 Å². The third-order valence-electron chi connectivity index (χ3n) is 3.81. The van der Waals surface area contributed by atoms with E-state index in [9.17, 15) is 9.18 Å². The minimum atomic E-state index is -0.423. The average Bonchev–Trinajstić information content (AvgIpc) is 3.05. The molecule has 2 N–H and O–H groups in total. The Kier molecular flexibility index (Phi) is 6.60. The molecule has 1 aliphatic heterocycles. The first-order valence-electron chi connectivity index (χ1n) is 8.21. The van der Waals surface area contributed by atoms with E-state index < -0.39 is 6.03 Å². The third kappa shape index (κ3) is 5.94. The molecule has 2 aromatic rings. The van der Waals surface area contributed by atoms with E-state index in [0.717, 1.165) is 16.6 Å². The average molecular weight is 382 g/mol. The highest BCUT2D eigenvalue weighted by Gasteiger charge is 2.12. The molecule has 1 aliphatic rings. The predicted molar refractivity (Wildman–Crippen MR) is 100.0 cm³/mol. The zero-order valence-electron chi connectivity index (χ0n) is 13.7. The van der Waals surface area contributed by atoms with E-state index in [-0.39, 0.29) is 5.82 Å². The number of carbonyl (C=O) groups excluding carboxylic acids is 1. The van der Waals surface area contributed by atoms with Crippen molar-refractivity contribution in [2.45, 2.75) is 23.6 Å². The number of nitrogens with zero attached hydrogens (tertiary/aromatic N) is 3. The standard InChI is InChI=1S/C16H20FN5OS2/c17-12-4-6-13(7-5-12)18-14(23)19-15-20-21-16(25-15)24-11-10-22-8-2-1-3-9-22/h4-7H,1-3,8-11H2,(H2,18,19,20,23). The van der Waals surface area contributed by atoms with Gasteiger partial charge in [0.1, 0.15) is 5.82 Å². The summed E-state index contributed by atoms with van der Waals surface area (Å²) in [4.78, 5) is 14.4. The number of aromatic nitrogens is 2. The Morgan fingerprint density at radius 3 is 2.68 bits per heavy atom. The molecule has 1 aromatic carbocycles. The quantitative estimate of drug-likeness (QED) is 0.587. The number of hydrogen-bond acceptors (Lipinski definition) is 6. The molecule has 0 bridgehead atoms. The third-order valence-corrected chi connectivity index (χ3v) is 5.76. The highest BCUT2D eigenvalue weighted by atomic mass is 32.2. The topological polar surface area (TPSA) is 70.1 Å². The van der Waals surface area contributed by atoms with Crippen LogP contribution in [0.3, 0.4) is 0 Å². The Hall–Kier alpha value is -1.71. The zero-order chi connectivity index (χ0) is 17.5. The van der Waals surface area contributed by atoms with E-state index >= 15 is 0 Å². The molecule has 1 fully saturated rings. The van der Waals surface area contributed by atoms with Crippen LogP contribution in [-0.2, 0) is 0 Å². The Labute approximate surface area is 154 Å². The summed E-state index contributed by atoms with van der Waals surface area (Å²) >= 11 is 3.01. The lowest BCUT2D eigenvalue weighted by Gasteiger charge is -2.25. The van der Waals surface area contributed by atoms with Crippen LogP contribution < -0.4 is 10.6 Å². The van der Waals surface area contributed by atoms with Crippen molar-refractivity contribution in [1.82, 2.24) is 15.1 Å². The molecule has 0 aliphatic carbocycles. The molecular weight excluding hydrogens is 361 g/mol.